The summed E-state index contributed by atoms with van der Waals surface area (Å²) in [7, 11) is -3.79. The normalized spacial score (nSPS) is 16.3. The van der Waals surface area contributed by atoms with E-state index in [9.17, 15) is 8.42 Å². The van der Waals surface area contributed by atoms with Crippen LogP contribution in [0.3, 0.4) is 0 Å². The third kappa shape index (κ3) is 4.18. The van der Waals surface area contributed by atoms with Crippen LogP contribution in [0.15, 0.2) is 59.6 Å². The first kappa shape index (κ1) is 23.1. The van der Waals surface area contributed by atoms with Crippen molar-refractivity contribution in [1.29, 1.82) is 0 Å². The van der Waals surface area contributed by atoms with Crippen LogP contribution in [0.1, 0.15) is 38.3 Å². The quantitative estimate of drug-likeness (QED) is 0.373. The maximum atomic E-state index is 13.8. The number of hydrogen-bond acceptors (Lipinski definition) is 7. The molecule has 2 aromatic carbocycles. The van der Waals surface area contributed by atoms with Crippen molar-refractivity contribution < 1.29 is 8.42 Å². The van der Waals surface area contributed by atoms with Gasteiger partial charge in [-0.1, -0.05) is 51.1 Å². The SMILES string of the molecule is CCC(C)(C)c1ccc(S(=O)(=O)N2CC(Nc3nc(N)nc4[nH]ncc34)Cc3ccccc32)cc1. The Hall–Kier alpha value is -3.66. The molecule has 4 N–H and O–H groups in total. The summed E-state index contributed by atoms with van der Waals surface area (Å²) in [6, 6.07) is 14.6. The van der Waals surface area contributed by atoms with E-state index in [1.807, 2.05) is 36.4 Å². The summed E-state index contributed by atoms with van der Waals surface area (Å²) in [5.74, 6) is 0.633. The van der Waals surface area contributed by atoms with Gasteiger partial charge in [0.1, 0.15) is 5.82 Å². The minimum absolute atomic E-state index is 0.0210. The first-order valence-electron chi connectivity index (χ1n) is 11.6. The van der Waals surface area contributed by atoms with Gasteiger partial charge in [0.2, 0.25) is 5.95 Å². The summed E-state index contributed by atoms with van der Waals surface area (Å²) in [6.07, 6.45) is 3.22. The zero-order valence-electron chi connectivity index (χ0n) is 20.0. The van der Waals surface area contributed by atoms with Gasteiger partial charge in [-0.05, 0) is 47.6 Å². The molecule has 3 heterocycles. The van der Waals surface area contributed by atoms with Crippen LogP contribution in [0.2, 0.25) is 0 Å². The Kier molecular flexibility index (Phi) is 5.63. The number of H-pyrrole nitrogens is 1. The molecule has 182 valence electrons. The Balaban J connectivity index is 1.50. The Morgan fingerprint density at radius 1 is 1.14 bits per heavy atom. The highest BCUT2D eigenvalue weighted by Crippen LogP contribution is 2.34. The summed E-state index contributed by atoms with van der Waals surface area (Å²) in [5.41, 5.74) is 9.12. The van der Waals surface area contributed by atoms with E-state index in [2.05, 4.69) is 46.3 Å². The van der Waals surface area contributed by atoms with Gasteiger partial charge in [-0.15, -0.1) is 0 Å². The molecular formula is C25H29N7O2S. The summed E-state index contributed by atoms with van der Waals surface area (Å²) in [4.78, 5) is 8.76. The van der Waals surface area contributed by atoms with Gasteiger partial charge in [0.15, 0.2) is 5.65 Å². The van der Waals surface area contributed by atoms with Gasteiger partial charge < -0.3 is 11.1 Å². The molecule has 4 aromatic rings. The van der Waals surface area contributed by atoms with E-state index in [1.54, 1.807) is 18.3 Å². The van der Waals surface area contributed by atoms with Crippen LogP contribution in [-0.4, -0.2) is 41.2 Å². The minimum atomic E-state index is -3.79. The zero-order chi connectivity index (χ0) is 24.8. The van der Waals surface area contributed by atoms with Crippen LogP contribution in [0.5, 0.6) is 0 Å². The molecule has 0 fully saturated rings. The van der Waals surface area contributed by atoms with Crippen molar-refractivity contribution in [3.63, 3.8) is 0 Å². The number of nitrogens with zero attached hydrogens (tertiary/aromatic N) is 4. The molecule has 10 heteroatoms. The highest BCUT2D eigenvalue weighted by atomic mass is 32.2. The average Bonchev–Trinajstić information content (AvgIpc) is 3.32. The van der Waals surface area contributed by atoms with Gasteiger partial charge in [-0.25, -0.2) is 8.42 Å². The van der Waals surface area contributed by atoms with Gasteiger partial charge in [-0.2, -0.15) is 15.1 Å². The first-order valence-corrected chi connectivity index (χ1v) is 13.1. The molecule has 0 radical (unpaired) electrons. The number of nitrogen functional groups attached to an aromatic ring is 1. The standard InChI is InChI=1S/C25H29N7O2S/c1-4-25(2,3)17-9-11-19(12-10-17)35(33,34)32-15-18(13-16-7-5-6-8-21(16)32)28-22-20-14-27-31-23(20)30-24(26)29-22/h5-12,14,18H,4,13,15H2,1-3H3,(H4,26,27,28,29,30,31). The molecule has 0 aliphatic carbocycles. The molecule has 0 bridgehead atoms. The number of para-hydroxylation sites is 1. The van der Waals surface area contributed by atoms with E-state index in [4.69, 9.17) is 5.73 Å². The summed E-state index contributed by atoms with van der Waals surface area (Å²) in [6.45, 7) is 6.69. The monoisotopic (exact) mass is 491 g/mol. The maximum absolute atomic E-state index is 13.8. The van der Waals surface area contributed by atoms with Gasteiger partial charge in [-0.3, -0.25) is 9.40 Å². The summed E-state index contributed by atoms with van der Waals surface area (Å²) < 4.78 is 29.2. The fraction of sp³-hybridized carbons (Fsp3) is 0.320. The molecular weight excluding hydrogens is 462 g/mol. The Morgan fingerprint density at radius 2 is 1.89 bits per heavy atom. The highest BCUT2D eigenvalue weighted by Gasteiger charge is 2.34. The lowest BCUT2D eigenvalue weighted by molar-refractivity contribution is 0.505. The molecule has 1 unspecified atom stereocenters. The Labute approximate surface area is 204 Å². The van der Waals surface area contributed by atoms with E-state index in [-0.39, 0.29) is 28.8 Å². The van der Waals surface area contributed by atoms with Gasteiger partial charge in [0, 0.05) is 0 Å². The van der Waals surface area contributed by atoms with Gasteiger partial charge in [0.25, 0.3) is 10.0 Å². The number of nitrogens with one attached hydrogen (secondary N) is 2. The fourth-order valence-corrected chi connectivity index (χ4v) is 5.99. The van der Waals surface area contributed by atoms with E-state index in [1.165, 1.54) is 4.31 Å². The molecule has 5 rings (SSSR count). The summed E-state index contributed by atoms with van der Waals surface area (Å²) >= 11 is 0. The summed E-state index contributed by atoms with van der Waals surface area (Å²) in [5, 5.41) is 10.9. The highest BCUT2D eigenvalue weighted by molar-refractivity contribution is 7.92. The van der Waals surface area contributed by atoms with E-state index >= 15 is 0 Å². The molecule has 9 nitrogen and oxygen atoms in total. The number of sulfonamides is 1. The molecule has 1 aliphatic rings. The minimum Gasteiger partial charge on any atom is -0.368 e. The smallest absolute Gasteiger partial charge is 0.264 e. The van der Waals surface area contributed by atoms with Crippen LogP contribution in [0.25, 0.3) is 11.0 Å². The largest absolute Gasteiger partial charge is 0.368 e. The topological polar surface area (TPSA) is 130 Å². The maximum Gasteiger partial charge on any atom is 0.264 e. The van der Waals surface area contributed by atoms with Crippen molar-refractivity contribution in [2.24, 2.45) is 0 Å². The fourth-order valence-electron chi connectivity index (χ4n) is 4.44. The van der Waals surface area contributed by atoms with E-state index in [0.29, 0.717) is 29.0 Å². The van der Waals surface area contributed by atoms with Crippen molar-refractivity contribution in [2.45, 2.75) is 50.0 Å². The molecule has 0 saturated carbocycles. The molecule has 1 atom stereocenters. The second-order valence-corrected chi connectivity index (χ2v) is 11.4. The van der Waals surface area contributed by atoms with Crippen molar-refractivity contribution in [2.75, 3.05) is 21.9 Å². The third-order valence-corrected chi connectivity index (χ3v) is 8.68. The third-order valence-electron chi connectivity index (χ3n) is 6.89. The number of hydrogen-bond donors (Lipinski definition) is 3. The number of nitrogens with two attached hydrogens (primary N) is 1. The van der Waals surface area contributed by atoms with Crippen molar-refractivity contribution in [3.8, 4) is 0 Å². The van der Waals surface area contributed by atoms with E-state index in [0.717, 1.165) is 17.5 Å². The van der Waals surface area contributed by atoms with Crippen LogP contribution in [-0.2, 0) is 21.9 Å². The number of aromatic amines is 1. The number of fused-ring (bicyclic) bond motifs is 2. The lowest BCUT2D eigenvalue weighted by Gasteiger charge is -2.36. The van der Waals surface area contributed by atoms with Crippen LogP contribution >= 0.6 is 0 Å². The van der Waals surface area contributed by atoms with E-state index < -0.39 is 10.0 Å². The van der Waals surface area contributed by atoms with Gasteiger partial charge >= 0.3 is 0 Å². The molecule has 1 aliphatic heterocycles. The van der Waals surface area contributed by atoms with Crippen molar-refractivity contribution in [3.05, 3.63) is 65.9 Å². The zero-order valence-corrected chi connectivity index (χ0v) is 20.8. The predicted octanol–water partition coefficient (Wildman–Crippen LogP) is 3.85. The number of benzene rings is 2. The van der Waals surface area contributed by atoms with Crippen LogP contribution in [0.4, 0.5) is 17.5 Å². The lowest BCUT2D eigenvalue weighted by Crippen LogP contribution is -2.45. The van der Waals surface area contributed by atoms with Crippen LogP contribution < -0.4 is 15.4 Å². The lowest BCUT2D eigenvalue weighted by atomic mass is 9.82. The molecule has 0 saturated heterocycles. The predicted molar refractivity (Wildman–Crippen MR) is 138 cm³/mol. The van der Waals surface area contributed by atoms with Crippen molar-refractivity contribution in [1.82, 2.24) is 20.2 Å². The molecule has 35 heavy (non-hydrogen) atoms. The Bertz CT molecular complexity index is 1480. The average molecular weight is 492 g/mol. The Morgan fingerprint density at radius 3 is 2.63 bits per heavy atom. The molecule has 0 amide bonds. The number of rotatable bonds is 6. The number of aromatic nitrogens is 4. The van der Waals surface area contributed by atoms with Gasteiger partial charge in [0.05, 0.1) is 34.8 Å². The second-order valence-electron chi connectivity index (χ2n) is 9.53. The molecule has 0 spiro atoms. The van der Waals surface area contributed by atoms with Crippen LogP contribution in [0, 0.1) is 0 Å². The van der Waals surface area contributed by atoms with Crippen molar-refractivity contribution >= 4 is 38.5 Å². The molecule has 2 aromatic heterocycles. The first-order chi connectivity index (χ1) is 16.7. The number of anilines is 3. The second kappa shape index (κ2) is 8.53.